The molecule has 2 rings (SSSR count). The maximum Gasteiger partial charge on any atom is 0.330 e. The van der Waals surface area contributed by atoms with Gasteiger partial charge >= 0.3 is 5.69 Å². The van der Waals surface area contributed by atoms with Gasteiger partial charge in [-0.2, -0.15) is 0 Å². The Balaban J connectivity index is 2.20. The van der Waals surface area contributed by atoms with E-state index in [1.54, 1.807) is 24.5 Å². The molecule has 0 saturated carbocycles. The van der Waals surface area contributed by atoms with E-state index in [0.717, 1.165) is 4.57 Å². The lowest BCUT2D eigenvalue weighted by Crippen LogP contribution is -2.37. The SMILES string of the molecule is Cn1cc(C=CC(=O)Nc2ccncc2)c(=O)n(C)c1=O. The highest BCUT2D eigenvalue weighted by molar-refractivity contribution is 6.01. The van der Waals surface area contributed by atoms with Crippen LogP contribution in [0.4, 0.5) is 5.69 Å². The number of hydrogen-bond acceptors (Lipinski definition) is 4. The fourth-order valence-electron chi connectivity index (χ4n) is 1.74. The number of pyridine rings is 1. The third kappa shape index (κ3) is 3.33. The van der Waals surface area contributed by atoms with E-state index < -0.39 is 11.2 Å². The molecule has 2 aromatic heterocycles. The number of nitrogens with zero attached hydrogens (tertiary/aromatic N) is 3. The molecule has 1 N–H and O–H groups in total. The minimum atomic E-state index is -0.453. The molecule has 0 aliphatic heterocycles. The first-order chi connectivity index (χ1) is 9.99. The highest BCUT2D eigenvalue weighted by Crippen LogP contribution is 2.03. The van der Waals surface area contributed by atoms with Gasteiger partial charge in [0.2, 0.25) is 5.91 Å². The third-order valence-electron chi connectivity index (χ3n) is 2.84. The Kier molecular flexibility index (Phi) is 4.13. The van der Waals surface area contributed by atoms with Crippen LogP contribution in [-0.2, 0) is 18.9 Å². The van der Waals surface area contributed by atoms with Crippen molar-refractivity contribution in [2.24, 2.45) is 14.1 Å². The second-order valence-electron chi connectivity index (χ2n) is 4.40. The number of carbonyl (C=O) groups excluding carboxylic acids is 1. The fourth-order valence-corrected chi connectivity index (χ4v) is 1.74. The normalized spacial score (nSPS) is 10.8. The van der Waals surface area contributed by atoms with Gasteiger partial charge in [-0.1, -0.05) is 0 Å². The highest BCUT2D eigenvalue weighted by atomic mass is 16.2. The molecule has 0 aliphatic rings. The van der Waals surface area contributed by atoms with Crippen molar-refractivity contribution in [3.63, 3.8) is 0 Å². The summed E-state index contributed by atoms with van der Waals surface area (Å²) in [4.78, 5) is 39.0. The third-order valence-corrected chi connectivity index (χ3v) is 2.84. The van der Waals surface area contributed by atoms with E-state index >= 15 is 0 Å². The van der Waals surface area contributed by atoms with Crippen LogP contribution in [0.15, 0.2) is 46.4 Å². The van der Waals surface area contributed by atoms with Gasteiger partial charge in [0.15, 0.2) is 0 Å². The molecule has 2 heterocycles. The number of amides is 1. The van der Waals surface area contributed by atoms with Crippen molar-refractivity contribution >= 4 is 17.7 Å². The molecule has 21 heavy (non-hydrogen) atoms. The molecule has 7 heteroatoms. The molecule has 0 radical (unpaired) electrons. The number of nitrogens with one attached hydrogen (secondary N) is 1. The summed E-state index contributed by atoms with van der Waals surface area (Å²) >= 11 is 0. The number of rotatable bonds is 3. The molecule has 0 bridgehead atoms. The molecule has 0 aliphatic carbocycles. The van der Waals surface area contributed by atoms with Crippen molar-refractivity contribution in [3.8, 4) is 0 Å². The van der Waals surface area contributed by atoms with E-state index in [0.29, 0.717) is 5.69 Å². The maximum absolute atomic E-state index is 11.9. The van der Waals surface area contributed by atoms with Crippen molar-refractivity contribution in [1.82, 2.24) is 14.1 Å². The van der Waals surface area contributed by atoms with E-state index in [4.69, 9.17) is 0 Å². The van der Waals surface area contributed by atoms with Crippen LogP contribution in [0.25, 0.3) is 6.08 Å². The van der Waals surface area contributed by atoms with Gasteiger partial charge in [-0.3, -0.25) is 19.1 Å². The van der Waals surface area contributed by atoms with Gasteiger partial charge < -0.3 is 9.88 Å². The topological polar surface area (TPSA) is 86.0 Å². The van der Waals surface area contributed by atoms with Crippen LogP contribution in [0.1, 0.15) is 5.56 Å². The molecule has 108 valence electrons. The lowest BCUT2D eigenvalue weighted by Gasteiger charge is -2.03. The van der Waals surface area contributed by atoms with Crippen molar-refractivity contribution in [2.45, 2.75) is 0 Å². The Morgan fingerprint density at radius 3 is 2.57 bits per heavy atom. The first kappa shape index (κ1) is 14.4. The Morgan fingerprint density at radius 1 is 1.24 bits per heavy atom. The average Bonchev–Trinajstić information content (AvgIpc) is 2.48. The van der Waals surface area contributed by atoms with Gasteiger partial charge in [0.1, 0.15) is 0 Å². The van der Waals surface area contributed by atoms with Crippen molar-refractivity contribution < 1.29 is 4.79 Å². The van der Waals surface area contributed by atoms with Crippen LogP contribution in [0.3, 0.4) is 0 Å². The second kappa shape index (κ2) is 6.00. The van der Waals surface area contributed by atoms with Crippen LogP contribution in [-0.4, -0.2) is 20.0 Å². The summed E-state index contributed by atoms with van der Waals surface area (Å²) in [5.74, 6) is -0.378. The first-order valence-corrected chi connectivity index (χ1v) is 6.15. The van der Waals surface area contributed by atoms with E-state index in [1.807, 2.05) is 0 Å². The van der Waals surface area contributed by atoms with Crippen LogP contribution in [0.2, 0.25) is 0 Å². The fraction of sp³-hybridized carbons (Fsp3) is 0.143. The average molecular weight is 286 g/mol. The molecule has 0 spiro atoms. The molecular formula is C14H14N4O3. The van der Waals surface area contributed by atoms with E-state index in [-0.39, 0.29) is 11.5 Å². The Hall–Kier alpha value is -2.96. The number of anilines is 1. The predicted octanol–water partition coefficient (Wildman–Crippen LogP) is 0.131. The minimum Gasteiger partial charge on any atom is -0.322 e. The molecule has 7 nitrogen and oxygen atoms in total. The lowest BCUT2D eigenvalue weighted by atomic mass is 10.3. The van der Waals surface area contributed by atoms with Crippen LogP contribution < -0.4 is 16.6 Å². The van der Waals surface area contributed by atoms with Gasteiger partial charge in [0.05, 0.1) is 5.56 Å². The largest absolute Gasteiger partial charge is 0.330 e. The zero-order chi connectivity index (χ0) is 15.4. The molecule has 0 fully saturated rings. The monoisotopic (exact) mass is 286 g/mol. The lowest BCUT2D eigenvalue weighted by molar-refractivity contribution is -0.111. The quantitative estimate of drug-likeness (QED) is 0.813. The highest BCUT2D eigenvalue weighted by Gasteiger charge is 2.04. The minimum absolute atomic E-state index is 0.254. The predicted molar refractivity (Wildman–Crippen MR) is 78.8 cm³/mol. The van der Waals surface area contributed by atoms with Gasteiger partial charge in [-0.05, 0) is 18.2 Å². The van der Waals surface area contributed by atoms with Gasteiger partial charge in [-0.25, -0.2) is 4.79 Å². The van der Waals surface area contributed by atoms with Crippen molar-refractivity contribution in [2.75, 3.05) is 5.32 Å². The first-order valence-electron chi connectivity index (χ1n) is 6.15. The van der Waals surface area contributed by atoms with Gasteiger partial charge in [0.25, 0.3) is 5.56 Å². The van der Waals surface area contributed by atoms with Crippen LogP contribution in [0, 0.1) is 0 Å². The number of carbonyl (C=O) groups is 1. The second-order valence-corrected chi connectivity index (χ2v) is 4.40. The summed E-state index contributed by atoms with van der Waals surface area (Å²) in [6, 6.07) is 3.30. The number of hydrogen-bond donors (Lipinski definition) is 1. The number of aryl methyl sites for hydroxylation is 1. The molecular weight excluding hydrogens is 272 g/mol. The summed E-state index contributed by atoms with van der Waals surface area (Å²) in [6.45, 7) is 0. The van der Waals surface area contributed by atoms with Crippen molar-refractivity contribution in [1.29, 1.82) is 0 Å². The van der Waals surface area contributed by atoms with Gasteiger partial charge in [-0.15, -0.1) is 0 Å². The smallest absolute Gasteiger partial charge is 0.322 e. The molecule has 0 unspecified atom stereocenters. The molecule has 0 aromatic carbocycles. The number of aromatic nitrogens is 3. The zero-order valence-electron chi connectivity index (χ0n) is 11.6. The van der Waals surface area contributed by atoms with Gasteiger partial charge in [0, 0.05) is 44.4 Å². The Labute approximate surface area is 120 Å². The molecule has 2 aromatic rings. The van der Waals surface area contributed by atoms with E-state index in [9.17, 15) is 14.4 Å². The van der Waals surface area contributed by atoms with Crippen LogP contribution in [0.5, 0.6) is 0 Å². The molecule has 0 saturated heterocycles. The maximum atomic E-state index is 11.9. The summed E-state index contributed by atoms with van der Waals surface area (Å²) in [5.41, 5.74) is -0.0121. The molecule has 0 atom stereocenters. The summed E-state index contributed by atoms with van der Waals surface area (Å²) < 4.78 is 2.27. The molecule has 1 amide bonds. The standard InChI is InChI=1S/C14H14N4O3/c1-17-9-10(13(20)18(2)14(17)21)3-4-12(19)16-11-5-7-15-8-6-11/h3-9H,1-2H3,(H,15,16,19). The van der Waals surface area contributed by atoms with Crippen molar-refractivity contribution in [3.05, 3.63) is 63.2 Å². The Morgan fingerprint density at radius 2 is 1.90 bits per heavy atom. The Bertz CT molecular complexity index is 803. The van der Waals surface area contributed by atoms with E-state index in [1.165, 1.54) is 37.0 Å². The summed E-state index contributed by atoms with van der Waals surface area (Å²) in [6.07, 6.45) is 7.12. The zero-order valence-corrected chi connectivity index (χ0v) is 11.6. The van der Waals surface area contributed by atoms with E-state index in [2.05, 4.69) is 10.3 Å². The van der Waals surface area contributed by atoms with Crippen LogP contribution >= 0.6 is 0 Å². The summed E-state index contributed by atoms with van der Waals surface area (Å²) in [7, 11) is 2.93. The summed E-state index contributed by atoms with van der Waals surface area (Å²) in [5, 5.41) is 2.63.